The Kier molecular flexibility index (Phi) is 6.79. The fraction of sp³-hybridized carbons (Fsp3) is 0.355. The quantitative estimate of drug-likeness (QED) is 0.372. The number of fused-ring (bicyclic) bond motifs is 4. The molecule has 2 N–H and O–H groups in total. The van der Waals surface area contributed by atoms with E-state index in [4.69, 9.17) is 0 Å². The number of carbonyl (C=O) groups excluding carboxylic acids is 4. The standard InChI is InChI=1S/C31H32N8O4/c1-18(40)34-26-11-32-24-9-20(5-7-22(24)36-26)28(42)38-14-30(3)13-31(4,15-38)17-39(16-30)29(43)21-6-8-23-25(10-21)33-12-27(37-23)35-19(2)41/h5-12H,13-17H2,1-4H3,(H,34,36,40)(H,35,37,41). The molecule has 2 aromatic carbocycles. The van der Waals surface area contributed by atoms with Crippen LogP contribution in [0.4, 0.5) is 11.6 Å². The fourth-order valence-corrected chi connectivity index (χ4v) is 6.73. The SMILES string of the molecule is CC(=O)Nc1cnc2cc(C(=O)N3CC4(C)CN(C(=O)c5ccc6nc(NC(C)=O)cnc6c5)CC(C)(C3)C4)ccc2n1. The lowest BCUT2D eigenvalue weighted by Gasteiger charge is -2.56. The zero-order valence-corrected chi connectivity index (χ0v) is 24.5. The van der Waals surface area contributed by atoms with Gasteiger partial charge in [-0.2, -0.15) is 0 Å². The number of likely N-dealkylation sites (tertiary alicyclic amines) is 2. The molecule has 2 aliphatic heterocycles. The number of nitrogens with one attached hydrogen (secondary N) is 2. The van der Waals surface area contributed by atoms with Crippen LogP contribution in [0.2, 0.25) is 0 Å². The van der Waals surface area contributed by atoms with Crippen molar-refractivity contribution in [3.8, 4) is 0 Å². The van der Waals surface area contributed by atoms with Gasteiger partial charge in [0.15, 0.2) is 11.6 Å². The molecular formula is C31H32N8O4. The monoisotopic (exact) mass is 580 g/mol. The van der Waals surface area contributed by atoms with Gasteiger partial charge in [-0.15, -0.1) is 0 Å². The maximum Gasteiger partial charge on any atom is 0.253 e. The van der Waals surface area contributed by atoms with E-state index in [9.17, 15) is 19.2 Å². The molecule has 43 heavy (non-hydrogen) atoms. The maximum absolute atomic E-state index is 13.7. The summed E-state index contributed by atoms with van der Waals surface area (Å²) in [6, 6.07) is 10.4. The number of carbonyl (C=O) groups is 4. The van der Waals surface area contributed by atoms with Crippen LogP contribution in [0, 0.1) is 10.8 Å². The number of hydrogen-bond donors (Lipinski definition) is 2. The van der Waals surface area contributed by atoms with Gasteiger partial charge in [0.2, 0.25) is 11.8 Å². The van der Waals surface area contributed by atoms with Crippen molar-refractivity contribution in [1.29, 1.82) is 0 Å². The Labute approximate surface area is 247 Å². The minimum atomic E-state index is -0.287. The predicted octanol–water partition coefficient (Wildman–Crippen LogP) is 3.50. The molecule has 0 spiro atoms. The van der Waals surface area contributed by atoms with Gasteiger partial charge in [0.25, 0.3) is 11.8 Å². The van der Waals surface area contributed by atoms with Crippen LogP contribution in [0.25, 0.3) is 22.1 Å². The third kappa shape index (κ3) is 5.72. The number of nitrogens with zero attached hydrogens (tertiary/aromatic N) is 6. The van der Waals surface area contributed by atoms with Gasteiger partial charge >= 0.3 is 0 Å². The summed E-state index contributed by atoms with van der Waals surface area (Å²) in [7, 11) is 0. The van der Waals surface area contributed by atoms with Crippen LogP contribution in [0.3, 0.4) is 0 Å². The summed E-state index contributed by atoms with van der Waals surface area (Å²) >= 11 is 0. The van der Waals surface area contributed by atoms with Gasteiger partial charge in [-0.05, 0) is 42.8 Å². The lowest BCUT2D eigenvalue weighted by Crippen LogP contribution is -2.64. The van der Waals surface area contributed by atoms with Gasteiger partial charge in [-0.3, -0.25) is 29.1 Å². The van der Waals surface area contributed by atoms with Gasteiger partial charge < -0.3 is 20.4 Å². The lowest BCUT2D eigenvalue weighted by atomic mass is 9.65. The molecule has 2 bridgehead atoms. The van der Waals surface area contributed by atoms with Crippen LogP contribution in [-0.2, 0) is 9.59 Å². The first-order chi connectivity index (χ1) is 20.4. The molecule has 4 heterocycles. The minimum Gasteiger partial charge on any atom is -0.337 e. The smallest absolute Gasteiger partial charge is 0.253 e. The van der Waals surface area contributed by atoms with Crippen LogP contribution < -0.4 is 10.6 Å². The van der Waals surface area contributed by atoms with Crippen molar-refractivity contribution >= 4 is 57.3 Å². The van der Waals surface area contributed by atoms with E-state index < -0.39 is 0 Å². The maximum atomic E-state index is 13.7. The van der Waals surface area contributed by atoms with Crippen LogP contribution in [0.1, 0.15) is 54.8 Å². The topological polar surface area (TPSA) is 150 Å². The van der Waals surface area contributed by atoms with Crippen LogP contribution in [0.15, 0.2) is 48.8 Å². The Morgan fingerprint density at radius 3 is 1.42 bits per heavy atom. The van der Waals surface area contributed by atoms with E-state index in [-0.39, 0.29) is 34.5 Å². The van der Waals surface area contributed by atoms with Crippen LogP contribution in [0.5, 0.6) is 0 Å². The summed E-state index contributed by atoms with van der Waals surface area (Å²) in [4.78, 5) is 71.5. The van der Waals surface area contributed by atoms with Crippen LogP contribution >= 0.6 is 0 Å². The number of benzene rings is 2. The van der Waals surface area contributed by atoms with Gasteiger partial charge in [0.05, 0.1) is 34.5 Å². The molecular weight excluding hydrogens is 548 g/mol. The average molecular weight is 581 g/mol. The second-order valence-corrected chi connectivity index (χ2v) is 12.4. The van der Waals surface area contributed by atoms with Gasteiger partial charge in [0, 0.05) is 62.0 Å². The number of hydrogen-bond acceptors (Lipinski definition) is 8. The number of aromatic nitrogens is 4. The highest BCUT2D eigenvalue weighted by atomic mass is 16.2. The van der Waals surface area contributed by atoms with Crippen LogP contribution in [-0.4, -0.2) is 79.5 Å². The molecule has 4 aromatic rings. The Balaban J connectivity index is 1.19. The predicted molar refractivity (Wildman–Crippen MR) is 160 cm³/mol. The molecule has 2 fully saturated rings. The zero-order chi connectivity index (χ0) is 30.5. The van der Waals surface area contributed by atoms with Crippen molar-refractivity contribution in [2.45, 2.75) is 34.1 Å². The fourth-order valence-electron chi connectivity index (χ4n) is 6.73. The molecule has 0 saturated carbocycles. The molecule has 0 unspecified atom stereocenters. The Morgan fingerprint density at radius 2 is 1.05 bits per heavy atom. The molecule has 2 aromatic heterocycles. The van der Waals surface area contributed by atoms with E-state index in [1.807, 2.05) is 9.80 Å². The molecule has 12 heteroatoms. The molecule has 2 aliphatic rings. The van der Waals surface area contributed by atoms with Gasteiger partial charge in [-0.1, -0.05) is 13.8 Å². The van der Waals surface area contributed by atoms with E-state index in [1.54, 1.807) is 36.4 Å². The van der Waals surface area contributed by atoms with Crippen molar-refractivity contribution in [1.82, 2.24) is 29.7 Å². The van der Waals surface area contributed by atoms with Crippen molar-refractivity contribution in [3.05, 3.63) is 59.9 Å². The first-order valence-electron chi connectivity index (χ1n) is 14.1. The first kappa shape index (κ1) is 28.1. The molecule has 0 radical (unpaired) electrons. The van der Waals surface area contributed by atoms with E-state index in [0.717, 1.165) is 6.42 Å². The van der Waals surface area contributed by atoms with Gasteiger partial charge in [-0.25, -0.2) is 9.97 Å². The summed E-state index contributed by atoms with van der Waals surface area (Å²) in [6.07, 6.45) is 3.85. The Hall–Kier alpha value is -5.00. The van der Waals surface area contributed by atoms with E-state index >= 15 is 0 Å². The second-order valence-electron chi connectivity index (χ2n) is 12.4. The second kappa shape index (κ2) is 10.4. The molecule has 4 amide bonds. The number of piperidine rings is 2. The highest BCUT2D eigenvalue weighted by Gasteiger charge is 2.50. The van der Waals surface area contributed by atoms with Gasteiger partial charge in [0.1, 0.15) is 0 Å². The molecule has 0 aliphatic carbocycles. The van der Waals surface area contributed by atoms with E-state index in [0.29, 0.717) is 71.0 Å². The van der Waals surface area contributed by atoms with E-state index in [2.05, 4.69) is 44.4 Å². The molecule has 6 rings (SSSR count). The summed E-state index contributed by atoms with van der Waals surface area (Å²) in [6.45, 7) is 9.16. The number of rotatable bonds is 4. The summed E-state index contributed by atoms with van der Waals surface area (Å²) in [5.74, 6) is 0.0781. The number of anilines is 2. The largest absolute Gasteiger partial charge is 0.337 e. The molecule has 2 saturated heterocycles. The van der Waals surface area contributed by atoms with Crippen molar-refractivity contribution in [3.63, 3.8) is 0 Å². The third-order valence-electron chi connectivity index (χ3n) is 7.90. The Bertz CT molecular complexity index is 1680. The highest BCUT2D eigenvalue weighted by molar-refractivity contribution is 5.99. The van der Waals surface area contributed by atoms with Crippen molar-refractivity contribution < 1.29 is 19.2 Å². The third-order valence-corrected chi connectivity index (χ3v) is 7.90. The Morgan fingerprint density at radius 1 is 0.651 bits per heavy atom. The number of amides is 4. The lowest BCUT2D eigenvalue weighted by molar-refractivity contribution is -0.115. The molecule has 12 nitrogen and oxygen atoms in total. The molecule has 220 valence electrons. The summed E-state index contributed by atoms with van der Waals surface area (Å²) in [5, 5.41) is 5.24. The van der Waals surface area contributed by atoms with Crippen molar-refractivity contribution in [2.75, 3.05) is 36.8 Å². The summed E-state index contributed by atoms with van der Waals surface area (Å²) in [5.41, 5.74) is 2.77. The normalized spacial score (nSPS) is 21.5. The minimum absolute atomic E-state index is 0.0849. The highest BCUT2D eigenvalue weighted by Crippen LogP contribution is 2.46. The summed E-state index contributed by atoms with van der Waals surface area (Å²) < 4.78 is 0. The van der Waals surface area contributed by atoms with Crippen molar-refractivity contribution in [2.24, 2.45) is 10.8 Å². The zero-order valence-electron chi connectivity index (χ0n) is 24.5. The molecule has 0 atom stereocenters. The van der Waals surface area contributed by atoms with E-state index in [1.165, 1.54) is 26.2 Å². The average Bonchev–Trinajstić information content (AvgIpc) is 2.93. The first-order valence-corrected chi connectivity index (χ1v) is 14.1.